The first-order valence-corrected chi connectivity index (χ1v) is 49.3. The topological polar surface area (TPSA) is 0 Å². The van der Waals surface area contributed by atoms with Gasteiger partial charge in [-0.25, -0.2) is 0 Å². The maximum Gasteiger partial charge on any atom is -0.00245 e. The maximum absolute atomic E-state index is 2.59. The predicted molar refractivity (Wildman–Crippen MR) is 520 cm³/mol. The summed E-state index contributed by atoms with van der Waals surface area (Å²) in [6.07, 6.45) is 40.6. The summed E-state index contributed by atoms with van der Waals surface area (Å²) in [5, 5.41) is 0. The van der Waals surface area contributed by atoms with Crippen molar-refractivity contribution in [1.82, 2.24) is 0 Å². The molecule has 17 aliphatic carbocycles. The predicted octanol–water partition coefficient (Wildman–Crippen LogP) is 31.7. The highest BCUT2D eigenvalue weighted by molar-refractivity contribution is 5.52. The van der Waals surface area contributed by atoms with Crippen LogP contribution in [-0.2, 0) is 65.0 Å². The Bertz CT molecular complexity index is 5160. The molecular weight excluding hydrogens is 1500 g/mol. The molecule has 0 spiro atoms. The van der Waals surface area contributed by atoms with E-state index in [0.717, 1.165) is 5.92 Å². The fourth-order valence-electron chi connectivity index (χ4n) is 35.8. The highest BCUT2D eigenvalue weighted by Gasteiger charge is 2.75. The second kappa shape index (κ2) is 30.1. The SMILES string of the molecule is CC(C)(C)C12CC3(c4ccccc4)CC(c4ccccc4)(CC(c4ccccc4)(C3)C1)C2.CC12CC3(c4ccccc4)CC(c4ccccc4)(C1)CC(c1ccccc1)(C2)C3.CCC12CC3(c4ccccc4)CC(c4ccccc4)(C1)CC(c1ccccc1)(C2)C3.c1ccc(C23CC4(c5ccccc5)CC(c5ccccc5)(C2)CC(C2CCCCC2)(C3)C4)cc1. The van der Waals surface area contributed by atoms with E-state index in [1.54, 1.807) is 66.8 Å². The van der Waals surface area contributed by atoms with E-state index < -0.39 is 0 Å². The van der Waals surface area contributed by atoms with Crippen LogP contribution in [0, 0.1) is 33.0 Å². The van der Waals surface area contributed by atoms with Gasteiger partial charge in [0, 0.05) is 0 Å². The second-order valence-electron chi connectivity index (χ2n) is 46.9. The minimum atomic E-state index is 0.245. The van der Waals surface area contributed by atoms with Gasteiger partial charge in [0.05, 0.1) is 0 Å². The van der Waals surface area contributed by atoms with Gasteiger partial charge in [-0.15, -0.1) is 0 Å². The van der Waals surface area contributed by atoms with Crippen molar-refractivity contribution in [1.29, 1.82) is 0 Å². The molecule has 0 heteroatoms. The molecule has 0 unspecified atom stereocenters. The van der Waals surface area contributed by atoms with Gasteiger partial charge >= 0.3 is 0 Å². The van der Waals surface area contributed by atoms with Gasteiger partial charge in [-0.2, -0.15) is 0 Å². The molecule has 0 atom stereocenters. The van der Waals surface area contributed by atoms with E-state index in [1.807, 2.05) is 0 Å². The number of hydrogen-bond acceptors (Lipinski definition) is 0. The molecule has 17 aliphatic rings. The third kappa shape index (κ3) is 13.5. The van der Waals surface area contributed by atoms with Gasteiger partial charge in [0.15, 0.2) is 0 Å². The van der Waals surface area contributed by atoms with E-state index in [2.05, 4.69) is 399 Å². The third-order valence-corrected chi connectivity index (χ3v) is 38.1. The van der Waals surface area contributed by atoms with Crippen LogP contribution < -0.4 is 0 Å². The van der Waals surface area contributed by atoms with Gasteiger partial charge in [-0.1, -0.05) is 424 Å². The lowest BCUT2D eigenvalue weighted by Gasteiger charge is -2.74. The molecule has 0 saturated heterocycles. The minimum absolute atomic E-state index is 0.245. The average Bonchev–Trinajstić information content (AvgIpc) is 0.677. The van der Waals surface area contributed by atoms with Gasteiger partial charge in [0.1, 0.15) is 0 Å². The summed E-state index contributed by atoms with van der Waals surface area (Å²) in [4.78, 5) is 0. The largest absolute Gasteiger partial charge is 0.0649 e. The molecule has 12 aromatic carbocycles. The standard InChI is InChI=1S/C34H38.C32H36.C30H32.C29H30/c1-5-13-27(14-6-1)31-21-32(28-15-7-2-8-16-28)24-33(22-31,29-17-9-3-10-18-29)26-34(23-31,25-32)30-19-11-4-12-20-30;1-28(2,3)32-22-29(25-13-7-4-8-14-25)19-30(23-32,26-15-9-5-10-16-26)21-31(20-29,24-32)27-17-11-6-12-18-27;1-2-27-18-28(24-12-6-3-7-13-24)21-29(19-27,25-14-8-4-9-15-25)23-30(20-27,22-28)26-16-10-5-11-17-26;1-26-17-27(23-11-5-2-6-12-23)20-28(18-26,24-13-7-3-8-14-24)22-29(19-26,21-27)25-15-9-4-10-16-25/h1-3,5-10,13-18,30H,4,11-12,19-26H2;4-18H,19-24H2,1-3H3;3-17H,2,18-23H2,1H3;2-16H,17-22H2,1H3. The molecule has 0 amide bonds. The quantitative estimate of drug-likeness (QED) is 0.102. The van der Waals surface area contributed by atoms with E-state index in [9.17, 15) is 0 Å². The molecule has 0 heterocycles. The van der Waals surface area contributed by atoms with Crippen LogP contribution in [0.4, 0.5) is 0 Å². The van der Waals surface area contributed by atoms with E-state index in [-0.39, 0.29) is 54.1 Å². The van der Waals surface area contributed by atoms with Crippen LogP contribution in [-0.4, -0.2) is 0 Å². The van der Waals surface area contributed by atoms with Gasteiger partial charge in [-0.05, 0) is 332 Å². The van der Waals surface area contributed by atoms with Crippen LogP contribution in [0.25, 0.3) is 0 Å². The molecule has 0 radical (unpaired) electrons. The Kier molecular flexibility index (Phi) is 19.6. The highest BCUT2D eigenvalue weighted by Crippen LogP contribution is 2.82. The Morgan fingerprint density at radius 1 is 0.200 bits per heavy atom. The highest BCUT2D eigenvalue weighted by atomic mass is 14.8. The molecule has 17 fully saturated rings. The molecule has 0 aromatic heterocycles. The van der Waals surface area contributed by atoms with E-state index in [1.165, 1.54) is 193 Å². The zero-order chi connectivity index (χ0) is 84.6. The van der Waals surface area contributed by atoms with Crippen LogP contribution in [0.5, 0.6) is 0 Å². The van der Waals surface area contributed by atoms with Crippen LogP contribution >= 0.6 is 0 Å². The normalized spacial score (nSPS) is 36.7. The van der Waals surface area contributed by atoms with Crippen LogP contribution in [0.15, 0.2) is 364 Å². The zero-order valence-electron chi connectivity index (χ0n) is 75.9. The summed E-state index contributed by atoms with van der Waals surface area (Å²) in [5.74, 6) is 0.899. The Morgan fingerprint density at radius 2 is 0.360 bits per heavy atom. The summed E-state index contributed by atoms with van der Waals surface area (Å²) < 4.78 is 0. The molecule has 125 heavy (non-hydrogen) atoms. The van der Waals surface area contributed by atoms with Crippen molar-refractivity contribution in [2.45, 2.75) is 292 Å². The number of rotatable bonds is 14. The van der Waals surface area contributed by atoms with Crippen molar-refractivity contribution in [3.05, 3.63) is 431 Å². The summed E-state index contributed by atoms with van der Waals surface area (Å²) in [6, 6.07) is 139. The lowest BCUT2D eigenvalue weighted by atomic mass is 9.30. The Balaban J connectivity index is 0.0000000990. The third-order valence-electron chi connectivity index (χ3n) is 38.1. The first-order valence-electron chi connectivity index (χ1n) is 49.3. The van der Waals surface area contributed by atoms with E-state index in [4.69, 9.17) is 0 Å². The van der Waals surface area contributed by atoms with Crippen LogP contribution in [0.3, 0.4) is 0 Å². The molecule has 12 aromatic rings. The van der Waals surface area contributed by atoms with Gasteiger partial charge < -0.3 is 0 Å². The molecule has 29 rings (SSSR count). The summed E-state index contributed by atoms with van der Waals surface area (Å²) >= 11 is 0. The first kappa shape index (κ1) is 81.4. The Labute approximate surface area is 750 Å². The summed E-state index contributed by atoms with van der Waals surface area (Å²) in [7, 11) is 0. The zero-order valence-corrected chi connectivity index (χ0v) is 75.9. The fraction of sp³-hybridized carbons (Fsp3) is 0.424. The summed E-state index contributed by atoms with van der Waals surface area (Å²) in [5.41, 5.74) is 24.3. The van der Waals surface area contributed by atoms with Crippen molar-refractivity contribution in [3.63, 3.8) is 0 Å². The molecule has 16 bridgehead atoms. The second-order valence-corrected chi connectivity index (χ2v) is 46.9. The fourth-order valence-corrected chi connectivity index (χ4v) is 35.8. The summed E-state index contributed by atoms with van der Waals surface area (Å²) in [6.45, 7) is 12.6. The van der Waals surface area contributed by atoms with Crippen molar-refractivity contribution in [2.75, 3.05) is 0 Å². The van der Waals surface area contributed by atoms with Crippen molar-refractivity contribution in [2.24, 2.45) is 33.0 Å². The Hall–Kier alpha value is -9.36. The first-order chi connectivity index (χ1) is 60.6. The molecule has 0 N–H and O–H groups in total. The lowest BCUT2D eigenvalue weighted by molar-refractivity contribution is -0.155. The Morgan fingerprint density at radius 3 is 0.528 bits per heavy atom. The van der Waals surface area contributed by atoms with E-state index in [0.29, 0.717) is 37.9 Å². The lowest BCUT2D eigenvalue weighted by Crippen LogP contribution is -2.68. The number of hydrogen-bond donors (Lipinski definition) is 0. The minimum Gasteiger partial charge on any atom is -0.0649 e. The van der Waals surface area contributed by atoms with Crippen molar-refractivity contribution >= 4 is 0 Å². The van der Waals surface area contributed by atoms with Gasteiger partial charge in [0.25, 0.3) is 0 Å². The monoisotopic (exact) mass is 1640 g/mol. The maximum atomic E-state index is 2.59. The molecule has 0 nitrogen and oxygen atoms in total. The van der Waals surface area contributed by atoms with Gasteiger partial charge in [0.2, 0.25) is 0 Å². The average molecular weight is 1640 g/mol. The van der Waals surface area contributed by atoms with Gasteiger partial charge in [-0.3, -0.25) is 0 Å². The molecular formula is C125H136. The molecule has 0 aliphatic heterocycles. The van der Waals surface area contributed by atoms with Crippen LogP contribution in [0.2, 0.25) is 0 Å². The van der Waals surface area contributed by atoms with Crippen LogP contribution in [0.1, 0.15) is 294 Å². The molecule has 17 saturated carbocycles. The smallest absolute Gasteiger partial charge is 0.00245 e. The van der Waals surface area contributed by atoms with Crippen molar-refractivity contribution in [3.8, 4) is 0 Å². The van der Waals surface area contributed by atoms with E-state index >= 15 is 0 Å². The molecule has 636 valence electrons. The number of benzene rings is 12. The van der Waals surface area contributed by atoms with Crippen molar-refractivity contribution < 1.29 is 0 Å².